The lowest BCUT2D eigenvalue weighted by Gasteiger charge is -2.02. The van der Waals surface area contributed by atoms with E-state index in [0.717, 1.165) is 28.4 Å². The molecule has 0 amide bonds. The predicted molar refractivity (Wildman–Crippen MR) is 73.9 cm³/mol. The first-order valence-electron chi connectivity index (χ1n) is 5.97. The number of aryl methyl sites for hydroxylation is 3. The van der Waals surface area contributed by atoms with Crippen molar-refractivity contribution < 1.29 is 0 Å². The summed E-state index contributed by atoms with van der Waals surface area (Å²) in [5.41, 5.74) is 5.30. The van der Waals surface area contributed by atoms with E-state index in [-0.39, 0.29) is 0 Å². The Bertz CT molecular complexity index is 734. The number of nitrogens with zero attached hydrogens (tertiary/aromatic N) is 2. The molecule has 4 nitrogen and oxygen atoms in total. The SMILES string of the molecule is Cc1nc(C)n(N)c1-c1cc2cccc(C)c2[nH]1. The second kappa shape index (κ2) is 3.63. The van der Waals surface area contributed by atoms with E-state index in [2.05, 4.69) is 41.2 Å². The standard InChI is InChI=1S/C14H16N4/c1-8-5-4-6-11-7-12(17-13(8)11)14-9(2)16-10(3)18(14)15/h4-7,17H,15H2,1-3H3. The summed E-state index contributed by atoms with van der Waals surface area (Å²) in [5.74, 6) is 6.85. The maximum absolute atomic E-state index is 6.03. The maximum atomic E-state index is 6.03. The van der Waals surface area contributed by atoms with Crippen molar-refractivity contribution in [2.24, 2.45) is 0 Å². The molecule has 0 fully saturated rings. The summed E-state index contributed by atoms with van der Waals surface area (Å²) in [6.45, 7) is 5.98. The van der Waals surface area contributed by atoms with E-state index in [1.165, 1.54) is 10.9 Å². The molecule has 0 unspecified atom stereocenters. The number of nitrogens with two attached hydrogens (primary N) is 1. The van der Waals surface area contributed by atoms with Crippen LogP contribution in [0.15, 0.2) is 24.3 Å². The molecule has 18 heavy (non-hydrogen) atoms. The van der Waals surface area contributed by atoms with Gasteiger partial charge in [-0.2, -0.15) is 0 Å². The van der Waals surface area contributed by atoms with Crippen molar-refractivity contribution in [3.05, 3.63) is 41.3 Å². The predicted octanol–water partition coefficient (Wildman–Crippen LogP) is 2.67. The Morgan fingerprint density at radius 1 is 1.22 bits per heavy atom. The van der Waals surface area contributed by atoms with Crippen LogP contribution in [0.2, 0.25) is 0 Å². The molecule has 0 aliphatic heterocycles. The minimum Gasteiger partial charge on any atom is -0.353 e. The Balaban J connectivity index is 2.29. The number of nitrogens with one attached hydrogen (secondary N) is 1. The fourth-order valence-corrected chi connectivity index (χ4v) is 2.45. The Morgan fingerprint density at radius 2 is 2.00 bits per heavy atom. The highest BCUT2D eigenvalue weighted by Crippen LogP contribution is 2.27. The Labute approximate surface area is 105 Å². The maximum Gasteiger partial charge on any atom is 0.125 e. The summed E-state index contributed by atoms with van der Waals surface area (Å²) < 4.78 is 1.63. The van der Waals surface area contributed by atoms with Gasteiger partial charge < -0.3 is 10.8 Å². The fourth-order valence-electron chi connectivity index (χ4n) is 2.45. The molecule has 1 aromatic carbocycles. The van der Waals surface area contributed by atoms with Crippen molar-refractivity contribution >= 4 is 10.9 Å². The average molecular weight is 240 g/mol. The van der Waals surface area contributed by atoms with Crippen molar-refractivity contribution in [1.29, 1.82) is 0 Å². The zero-order valence-corrected chi connectivity index (χ0v) is 10.8. The van der Waals surface area contributed by atoms with Gasteiger partial charge in [0.15, 0.2) is 0 Å². The van der Waals surface area contributed by atoms with E-state index in [0.29, 0.717) is 0 Å². The van der Waals surface area contributed by atoms with Crippen LogP contribution >= 0.6 is 0 Å². The molecule has 3 aromatic rings. The van der Waals surface area contributed by atoms with Gasteiger partial charge in [-0.3, -0.25) is 0 Å². The quantitative estimate of drug-likeness (QED) is 0.642. The van der Waals surface area contributed by atoms with Gasteiger partial charge in [0.25, 0.3) is 0 Å². The molecule has 0 aliphatic rings. The average Bonchev–Trinajstić information content (AvgIpc) is 2.83. The lowest BCUT2D eigenvalue weighted by Crippen LogP contribution is -2.11. The molecule has 0 spiro atoms. The number of hydrogen-bond acceptors (Lipinski definition) is 2. The van der Waals surface area contributed by atoms with Crippen LogP contribution in [0.1, 0.15) is 17.1 Å². The van der Waals surface area contributed by atoms with Crippen LogP contribution in [-0.4, -0.2) is 14.6 Å². The monoisotopic (exact) mass is 240 g/mol. The van der Waals surface area contributed by atoms with E-state index in [1.54, 1.807) is 4.68 Å². The second-order valence-electron chi connectivity index (χ2n) is 4.69. The van der Waals surface area contributed by atoms with Gasteiger partial charge >= 0.3 is 0 Å². The summed E-state index contributed by atoms with van der Waals surface area (Å²) in [6.07, 6.45) is 0. The first-order valence-corrected chi connectivity index (χ1v) is 5.97. The van der Waals surface area contributed by atoms with Crippen LogP contribution in [-0.2, 0) is 0 Å². The summed E-state index contributed by atoms with van der Waals surface area (Å²) in [6, 6.07) is 8.38. The number of benzene rings is 1. The molecule has 2 aromatic heterocycles. The third-order valence-corrected chi connectivity index (χ3v) is 3.38. The third-order valence-electron chi connectivity index (χ3n) is 3.38. The van der Waals surface area contributed by atoms with Gasteiger partial charge in [-0.25, -0.2) is 9.66 Å². The largest absolute Gasteiger partial charge is 0.353 e. The highest BCUT2D eigenvalue weighted by Gasteiger charge is 2.14. The van der Waals surface area contributed by atoms with E-state index >= 15 is 0 Å². The zero-order chi connectivity index (χ0) is 12.9. The summed E-state index contributed by atoms with van der Waals surface area (Å²) in [4.78, 5) is 7.83. The molecule has 0 bridgehead atoms. The molecule has 2 heterocycles. The van der Waals surface area contributed by atoms with Crippen LogP contribution in [0.25, 0.3) is 22.3 Å². The van der Waals surface area contributed by atoms with Crippen molar-refractivity contribution in [2.45, 2.75) is 20.8 Å². The smallest absolute Gasteiger partial charge is 0.125 e. The van der Waals surface area contributed by atoms with E-state index in [9.17, 15) is 0 Å². The molecule has 0 atom stereocenters. The first-order chi connectivity index (χ1) is 8.58. The minimum atomic E-state index is 0.817. The lowest BCUT2D eigenvalue weighted by molar-refractivity contribution is 0.931. The second-order valence-corrected chi connectivity index (χ2v) is 4.69. The van der Waals surface area contributed by atoms with E-state index in [1.807, 2.05) is 13.8 Å². The third kappa shape index (κ3) is 1.42. The van der Waals surface area contributed by atoms with Crippen LogP contribution in [0, 0.1) is 20.8 Å². The van der Waals surface area contributed by atoms with Crippen LogP contribution in [0.5, 0.6) is 0 Å². The van der Waals surface area contributed by atoms with Gasteiger partial charge in [0.05, 0.1) is 11.4 Å². The Hall–Kier alpha value is -2.23. The summed E-state index contributed by atoms with van der Waals surface area (Å²) >= 11 is 0. The van der Waals surface area contributed by atoms with Gasteiger partial charge in [0.1, 0.15) is 11.5 Å². The molecule has 0 aliphatic carbocycles. The number of fused-ring (bicyclic) bond motifs is 1. The molecule has 0 radical (unpaired) electrons. The number of aromatic amines is 1. The Kier molecular flexibility index (Phi) is 2.20. The number of aromatic nitrogens is 3. The first kappa shape index (κ1) is 10.9. The van der Waals surface area contributed by atoms with Crippen molar-refractivity contribution in [1.82, 2.24) is 14.6 Å². The van der Waals surface area contributed by atoms with Crippen LogP contribution in [0.4, 0.5) is 0 Å². The number of hydrogen-bond donors (Lipinski definition) is 2. The number of H-pyrrole nitrogens is 1. The Morgan fingerprint density at radius 3 is 2.61 bits per heavy atom. The van der Waals surface area contributed by atoms with Crippen molar-refractivity contribution in [3.8, 4) is 11.4 Å². The fraction of sp³-hybridized carbons (Fsp3) is 0.214. The van der Waals surface area contributed by atoms with E-state index < -0.39 is 0 Å². The number of rotatable bonds is 1. The van der Waals surface area contributed by atoms with Gasteiger partial charge in [-0.15, -0.1) is 0 Å². The molecular weight excluding hydrogens is 224 g/mol. The van der Waals surface area contributed by atoms with Crippen LogP contribution < -0.4 is 5.84 Å². The molecular formula is C14H16N4. The molecule has 4 heteroatoms. The van der Waals surface area contributed by atoms with Gasteiger partial charge in [-0.05, 0) is 32.4 Å². The van der Waals surface area contributed by atoms with Crippen molar-refractivity contribution in [2.75, 3.05) is 5.84 Å². The highest BCUT2D eigenvalue weighted by molar-refractivity contribution is 5.88. The van der Waals surface area contributed by atoms with Crippen molar-refractivity contribution in [3.63, 3.8) is 0 Å². The molecule has 0 saturated heterocycles. The number of imidazole rings is 1. The normalized spacial score (nSPS) is 11.3. The van der Waals surface area contributed by atoms with Crippen LogP contribution in [0.3, 0.4) is 0 Å². The zero-order valence-electron chi connectivity index (χ0n) is 10.8. The summed E-state index contributed by atoms with van der Waals surface area (Å²) in [5, 5.41) is 1.20. The van der Waals surface area contributed by atoms with Gasteiger partial charge in [-0.1, -0.05) is 18.2 Å². The number of nitrogen functional groups attached to an aromatic ring is 1. The summed E-state index contributed by atoms with van der Waals surface area (Å²) in [7, 11) is 0. The lowest BCUT2D eigenvalue weighted by atomic mass is 10.1. The van der Waals surface area contributed by atoms with Gasteiger partial charge in [0, 0.05) is 10.9 Å². The van der Waals surface area contributed by atoms with Gasteiger partial charge in [0.2, 0.25) is 0 Å². The molecule has 3 N–H and O–H groups in total. The topological polar surface area (TPSA) is 59.6 Å². The highest BCUT2D eigenvalue weighted by atomic mass is 15.3. The minimum absolute atomic E-state index is 0.817. The molecule has 0 saturated carbocycles. The number of para-hydroxylation sites is 1. The van der Waals surface area contributed by atoms with E-state index in [4.69, 9.17) is 5.84 Å². The molecule has 3 rings (SSSR count). The molecule has 92 valence electrons.